The Balaban J connectivity index is 1.83. The highest BCUT2D eigenvalue weighted by Gasteiger charge is 2.21. The van der Waals surface area contributed by atoms with Crippen molar-refractivity contribution in [1.82, 2.24) is 0 Å². The lowest BCUT2D eigenvalue weighted by Gasteiger charge is -2.24. The smallest absolute Gasteiger partial charge is 0.306 e. The first-order chi connectivity index (χ1) is 17.7. The maximum atomic E-state index is 14.9. The monoisotopic (exact) mass is 504 g/mol. The predicted molar refractivity (Wildman–Crippen MR) is 147 cm³/mol. The van der Waals surface area contributed by atoms with E-state index in [0.29, 0.717) is 23.7 Å². The van der Waals surface area contributed by atoms with Crippen molar-refractivity contribution in [2.45, 2.75) is 58.5 Å². The van der Waals surface area contributed by atoms with E-state index in [1.807, 2.05) is 48.5 Å². The second kappa shape index (κ2) is 12.6. The summed E-state index contributed by atoms with van der Waals surface area (Å²) in [7, 11) is 2.98. The van der Waals surface area contributed by atoms with Gasteiger partial charge in [-0.3, -0.25) is 4.79 Å². The van der Waals surface area contributed by atoms with Gasteiger partial charge in [-0.25, -0.2) is 4.39 Å². The van der Waals surface area contributed by atoms with Crippen molar-refractivity contribution < 1.29 is 23.4 Å². The standard InChI is InChI=1S/C32H37FO4/c1-7-8-9-24(19-31(34)36-6)23-11-13-25(14-12-23)37-21-22-10-16-29(32(2,3)4)27(18-22)28-20-26(35-5)15-17-30(28)33/h8-18,20,24H,7,19,21H2,1-6H3/t24-/m0/s1. The normalized spacial score (nSPS) is 12.4. The molecule has 1 atom stereocenters. The molecule has 0 amide bonds. The lowest BCUT2D eigenvalue weighted by Crippen LogP contribution is -2.13. The fourth-order valence-corrected chi connectivity index (χ4v) is 4.23. The second-order valence-corrected chi connectivity index (χ2v) is 10.1. The molecule has 0 aromatic heterocycles. The molecule has 37 heavy (non-hydrogen) atoms. The summed E-state index contributed by atoms with van der Waals surface area (Å²) in [6, 6.07) is 18.6. The average molecular weight is 505 g/mol. The quantitative estimate of drug-likeness (QED) is 0.207. The molecule has 0 radical (unpaired) electrons. The maximum Gasteiger partial charge on any atom is 0.306 e. The lowest BCUT2D eigenvalue weighted by atomic mass is 9.81. The molecule has 0 aliphatic heterocycles. The number of allylic oxidation sites excluding steroid dienone is 2. The molecule has 0 unspecified atom stereocenters. The van der Waals surface area contributed by atoms with Crippen LogP contribution in [0.1, 0.15) is 63.1 Å². The molecule has 0 heterocycles. The SMILES string of the molecule is CCC=C[C@@H](CC(=O)OC)c1ccc(OCc2ccc(C(C)(C)C)c(-c3cc(OC)ccc3F)c2)cc1. The average Bonchev–Trinajstić information content (AvgIpc) is 2.89. The molecule has 0 spiro atoms. The topological polar surface area (TPSA) is 44.8 Å². The number of carbonyl (C=O) groups is 1. The molecular formula is C32H37FO4. The van der Waals surface area contributed by atoms with Gasteiger partial charge in [-0.1, -0.05) is 64.1 Å². The molecule has 0 saturated heterocycles. The van der Waals surface area contributed by atoms with E-state index in [2.05, 4.69) is 33.8 Å². The van der Waals surface area contributed by atoms with Crippen LogP contribution in [0.4, 0.5) is 4.39 Å². The molecule has 0 aliphatic carbocycles. The zero-order chi connectivity index (χ0) is 27.0. The molecule has 3 aromatic rings. The zero-order valence-corrected chi connectivity index (χ0v) is 22.6. The molecule has 0 bridgehead atoms. The number of rotatable bonds is 10. The Hall–Kier alpha value is -3.60. The van der Waals surface area contributed by atoms with Crippen LogP contribution in [-0.4, -0.2) is 20.2 Å². The van der Waals surface area contributed by atoms with Crippen LogP contribution in [0.3, 0.4) is 0 Å². The van der Waals surface area contributed by atoms with E-state index >= 15 is 0 Å². The largest absolute Gasteiger partial charge is 0.497 e. The highest BCUT2D eigenvalue weighted by atomic mass is 19.1. The minimum absolute atomic E-state index is 0.0493. The molecule has 196 valence electrons. The summed E-state index contributed by atoms with van der Waals surface area (Å²) in [4.78, 5) is 11.8. The number of esters is 1. The molecule has 0 fully saturated rings. The Morgan fingerprint density at radius 2 is 1.65 bits per heavy atom. The van der Waals surface area contributed by atoms with Crippen molar-refractivity contribution in [2.24, 2.45) is 0 Å². The molecule has 0 aliphatic rings. The van der Waals surface area contributed by atoms with E-state index < -0.39 is 0 Å². The molecule has 3 rings (SSSR count). The Labute approximate surface area is 220 Å². The van der Waals surface area contributed by atoms with Gasteiger partial charge in [-0.2, -0.15) is 0 Å². The van der Waals surface area contributed by atoms with Crippen molar-refractivity contribution in [2.75, 3.05) is 14.2 Å². The van der Waals surface area contributed by atoms with E-state index in [9.17, 15) is 9.18 Å². The number of halogens is 1. The van der Waals surface area contributed by atoms with Crippen LogP contribution < -0.4 is 9.47 Å². The van der Waals surface area contributed by atoms with Crippen LogP contribution in [0.25, 0.3) is 11.1 Å². The molecule has 5 heteroatoms. The first-order valence-electron chi connectivity index (χ1n) is 12.6. The molecule has 4 nitrogen and oxygen atoms in total. The summed E-state index contributed by atoms with van der Waals surface area (Å²) >= 11 is 0. The Kier molecular flexibility index (Phi) is 9.51. The van der Waals surface area contributed by atoms with Gasteiger partial charge in [-0.15, -0.1) is 0 Å². The van der Waals surface area contributed by atoms with Crippen LogP contribution in [0, 0.1) is 5.82 Å². The van der Waals surface area contributed by atoms with Gasteiger partial charge in [0, 0.05) is 11.5 Å². The van der Waals surface area contributed by atoms with Gasteiger partial charge in [0.1, 0.15) is 23.9 Å². The molecule has 0 N–H and O–H groups in total. The summed E-state index contributed by atoms with van der Waals surface area (Å²) in [5.74, 6) is 0.740. The number of carbonyl (C=O) groups excluding carboxylic acids is 1. The van der Waals surface area contributed by atoms with E-state index in [1.165, 1.54) is 13.2 Å². The van der Waals surface area contributed by atoms with Gasteiger partial charge in [0.15, 0.2) is 0 Å². The van der Waals surface area contributed by atoms with Gasteiger partial charge < -0.3 is 14.2 Å². The summed E-state index contributed by atoms with van der Waals surface area (Å²) in [5.41, 5.74) is 4.16. The third kappa shape index (κ3) is 7.45. The Morgan fingerprint density at radius 3 is 2.27 bits per heavy atom. The van der Waals surface area contributed by atoms with Crippen LogP contribution >= 0.6 is 0 Å². The van der Waals surface area contributed by atoms with Gasteiger partial charge >= 0.3 is 5.97 Å². The Bertz CT molecular complexity index is 1220. The minimum atomic E-state index is -0.293. The van der Waals surface area contributed by atoms with Crippen molar-refractivity contribution in [1.29, 1.82) is 0 Å². The third-order valence-corrected chi connectivity index (χ3v) is 6.29. The summed E-state index contributed by atoms with van der Waals surface area (Å²) in [6.45, 7) is 8.74. The Morgan fingerprint density at radius 1 is 0.946 bits per heavy atom. The molecular weight excluding hydrogens is 467 g/mol. The van der Waals surface area contributed by atoms with Crippen LogP contribution in [0.15, 0.2) is 72.8 Å². The number of benzene rings is 3. The minimum Gasteiger partial charge on any atom is -0.497 e. The van der Waals surface area contributed by atoms with Crippen molar-refractivity contribution in [3.63, 3.8) is 0 Å². The van der Waals surface area contributed by atoms with Gasteiger partial charge in [0.05, 0.1) is 20.6 Å². The van der Waals surface area contributed by atoms with Gasteiger partial charge in [-0.05, 0) is 70.5 Å². The van der Waals surface area contributed by atoms with Gasteiger partial charge in [0.2, 0.25) is 0 Å². The fourth-order valence-electron chi connectivity index (χ4n) is 4.23. The summed E-state index contributed by atoms with van der Waals surface area (Å²) in [6.07, 6.45) is 5.29. The predicted octanol–water partition coefficient (Wildman–Crippen LogP) is 7.99. The van der Waals surface area contributed by atoms with E-state index in [-0.39, 0.29) is 29.5 Å². The van der Waals surface area contributed by atoms with Gasteiger partial charge in [0.25, 0.3) is 0 Å². The van der Waals surface area contributed by atoms with Crippen molar-refractivity contribution in [3.05, 3.63) is 95.3 Å². The zero-order valence-electron chi connectivity index (χ0n) is 22.6. The fraction of sp³-hybridized carbons (Fsp3) is 0.344. The van der Waals surface area contributed by atoms with Crippen LogP contribution in [-0.2, 0) is 21.6 Å². The summed E-state index contributed by atoms with van der Waals surface area (Å²) in [5, 5.41) is 0. The molecule has 3 aromatic carbocycles. The number of ether oxygens (including phenoxy) is 3. The van der Waals surface area contributed by atoms with Crippen molar-refractivity contribution >= 4 is 5.97 Å². The van der Waals surface area contributed by atoms with Crippen LogP contribution in [0.5, 0.6) is 11.5 Å². The van der Waals surface area contributed by atoms with E-state index in [0.717, 1.165) is 28.7 Å². The number of methoxy groups -OCH3 is 2. The van der Waals surface area contributed by atoms with E-state index in [4.69, 9.17) is 14.2 Å². The summed E-state index contributed by atoms with van der Waals surface area (Å²) < 4.78 is 31.2. The highest BCUT2D eigenvalue weighted by Crippen LogP contribution is 2.37. The lowest BCUT2D eigenvalue weighted by molar-refractivity contribution is -0.140. The second-order valence-electron chi connectivity index (χ2n) is 10.1. The van der Waals surface area contributed by atoms with E-state index in [1.54, 1.807) is 19.2 Å². The van der Waals surface area contributed by atoms with Crippen LogP contribution in [0.2, 0.25) is 0 Å². The maximum absolute atomic E-state index is 14.9. The first kappa shape index (κ1) is 28.0. The molecule has 0 saturated carbocycles. The third-order valence-electron chi connectivity index (χ3n) is 6.29. The highest BCUT2D eigenvalue weighted by molar-refractivity contribution is 5.72. The first-order valence-corrected chi connectivity index (χ1v) is 12.6. The number of hydrogen-bond acceptors (Lipinski definition) is 4. The number of hydrogen-bond donors (Lipinski definition) is 0. The van der Waals surface area contributed by atoms with Crippen molar-refractivity contribution in [3.8, 4) is 22.6 Å².